The summed E-state index contributed by atoms with van der Waals surface area (Å²) in [6.07, 6.45) is 1.72. The zero-order chi connectivity index (χ0) is 10.7. The third kappa shape index (κ3) is 2.96. The van der Waals surface area contributed by atoms with Crippen LogP contribution in [0.3, 0.4) is 0 Å². The van der Waals surface area contributed by atoms with Crippen LogP contribution in [0.15, 0.2) is 6.20 Å². The van der Waals surface area contributed by atoms with Crippen molar-refractivity contribution in [2.45, 2.75) is 32.2 Å². The Labute approximate surface area is 92.5 Å². The summed E-state index contributed by atoms with van der Waals surface area (Å²) in [6.45, 7) is 5.73. The van der Waals surface area contributed by atoms with Gasteiger partial charge in [-0.3, -0.25) is 4.79 Å². The Morgan fingerprint density at radius 2 is 2.29 bits per heavy atom. The fourth-order valence-corrected chi connectivity index (χ4v) is 1.96. The third-order valence-electron chi connectivity index (χ3n) is 1.52. The molecule has 0 bridgehead atoms. The van der Waals surface area contributed by atoms with Crippen LogP contribution < -0.4 is 5.32 Å². The van der Waals surface area contributed by atoms with Crippen molar-refractivity contribution in [3.8, 4) is 0 Å². The molecule has 1 heterocycles. The standard InChI is InChI=1S/C9H13ClN2OS/c1-5(2)12-8(13)7(10)9-11-4-6(3)14-9/h4-5,7H,1-3H3,(H,12,13). The number of carbonyl (C=O) groups excluding carboxylic acids is 1. The van der Waals surface area contributed by atoms with Crippen LogP contribution in [-0.2, 0) is 4.79 Å². The zero-order valence-corrected chi connectivity index (χ0v) is 9.95. The average molecular weight is 233 g/mol. The Morgan fingerprint density at radius 3 is 2.71 bits per heavy atom. The van der Waals surface area contributed by atoms with E-state index in [-0.39, 0.29) is 11.9 Å². The summed E-state index contributed by atoms with van der Waals surface area (Å²) in [7, 11) is 0. The second-order valence-electron chi connectivity index (χ2n) is 3.33. The van der Waals surface area contributed by atoms with Crippen molar-refractivity contribution >= 4 is 28.8 Å². The molecule has 1 unspecified atom stereocenters. The number of aromatic nitrogens is 1. The number of carbonyl (C=O) groups is 1. The van der Waals surface area contributed by atoms with E-state index in [4.69, 9.17) is 11.6 Å². The summed E-state index contributed by atoms with van der Waals surface area (Å²) in [5.41, 5.74) is 0. The predicted octanol–water partition coefficient (Wildman–Crippen LogP) is 2.26. The van der Waals surface area contributed by atoms with Crippen molar-refractivity contribution in [1.82, 2.24) is 10.3 Å². The van der Waals surface area contributed by atoms with Crippen LogP contribution in [0.25, 0.3) is 0 Å². The van der Waals surface area contributed by atoms with Crippen molar-refractivity contribution in [1.29, 1.82) is 0 Å². The molecule has 78 valence electrons. The smallest absolute Gasteiger partial charge is 0.245 e. The predicted molar refractivity (Wildman–Crippen MR) is 58.7 cm³/mol. The van der Waals surface area contributed by atoms with Gasteiger partial charge < -0.3 is 5.32 Å². The van der Waals surface area contributed by atoms with Gasteiger partial charge in [0, 0.05) is 17.1 Å². The largest absolute Gasteiger partial charge is 0.352 e. The molecule has 0 aliphatic carbocycles. The van der Waals surface area contributed by atoms with Gasteiger partial charge in [0.1, 0.15) is 5.01 Å². The van der Waals surface area contributed by atoms with E-state index in [2.05, 4.69) is 10.3 Å². The molecule has 5 heteroatoms. The highest BCUT2D eigenvalue weighted by Crippen LogP contribution is 2.24. The summed E-state index contributed by atoms with van der Waals surface area (Å²) in [6, 6.07) is 0.102. The molecule has 0 aliphatic heterocycles. The lowest BCUT2D eigenvalue weighted by atomic mass is 10.3. The fourth-order valence-electron chi connectivity index (χ4n) is 0.959. The molecule has 1 aromatic heterocycles. The molecule has 1 atom stereocenters. The first kappa shape index (κ1) is 11.5. The first-order chi connectivity index (χ1) is 6.50. The molecule has 0 spiro atoms. The maximum absolute atomic E-state index is 11.5. The van der Waals surface area contributed by atoms with Gasteiger partial charge in [-0.1, -0.05) is 0 Å². The number of nitrogens with zero attached hydrogens (tertiary/aromatic N) is 1. The van der Waals surface area contributed by atoms with E-state index in [9.17, 15) is 4.79 Å². The summed E-state index contributed by atoms with van der Waals surface area (Å²) in [5, 5.41) is 2.73. The van der Waals surface area contributed by atoms with Gasteiger partial charge in [-0.25, -0.2) is 4.98 Å². The van der Waals surface area contributed by atoms with Crippen molar-refractivity contribution < 1.29 is 4.79 Å². The number of hydrogen-bond donors (Lipinski definition) is 1. The second kappa shape index (κ2) is 4.75. The van der Waals surface area contributed by atoms with Crippen LogP contribution in [0.4, 0.5) is 0 Å². The van der Waals surface area contributed by atoms with E-state index in [0.29, 0.717) is 5.01 Å². The molecule has 1 N–H and O–H groups in total. The number of rotatable bonds is 3. The highest BCUT2D eigenvalue weighted by Gasteiger charge is 2.20. The Kier molecular flexibility index (Phi) is 3.89. The normalized spacial score (nSPS) is 12.9. The van der Waals surface area contributed by atoms with Gasteiger partial charge in [0.15, 0.2) is 5.38 Å². The van der Waals surface area contributed by atoms with Gasteiger partial charge in [-0.2, -0.15) is 0 Å². The number of alkyl halides is 1. The van der Waals surface area contributed by atoms with Gasteiger partial charge in [0.05, 0.1) is 0 Å². The number of aryl methyl sites for hydroxylation is 1. The second-order valence-corrected chi connectivity index (χ2v) is 5.04. The molecule has 0 saturated carbocycles. The van der Waals surface area contributed by atoms with Crippen LogP contribution in [0.1, 0.15) is 29.1 Å². The monoisotopic (exact) mass is 232 g/mol. The first-order valence-electron chi connectivity index (χ1n) is 4.37. The van der Waals surface area contributed by atoms with E-state index in [0.717, 1.165) is 4.88 Å². The Balaban J connectivity index is 2.65. The molecule has 0 saturated heterocycles. The summed E-state index contributed by atoms with van der Waals surface area (Å²) >= 11 is 7.40. The SMILES string of the molecule is Cc1cnc(C(Cl)C(=O)NC(C)C)s1. The fraction of sp³-hybridized carbons (Fsp3) is 0.556. The number of hydrogen-bond acceptors (Lipinski definition) is 3. The summed E-state index contributed by atoms with van der Waals surface area (Å²) in [4.78, 5) is 16.6. The number of thiazole rings is 1. The molecule has 0 aliphatic rings. The molecule has 0 aromatic carbocycles. The molecule has 14 heavy (non-hydrogen) atoms. The Morgan fingerprint density at radius 1 is 1.64 bits per heavy atom. The van der Waals surface area contributed by atoms with Gasteiger partial charge in [0.2, 0.25) is 5.91 Å². The first-order valence-corrected chi connectivity index (χ1v) is 5.62. The van der Waals surface area contributed by atoms with E-state index >= 15 is 0 Å². The maximum atomic E-state index is 11.5. The summed E-state index contributed by atoms with van der Waals surface area (Å²) in [5.74, 6) is -0.184. The van der Waals surface area contributed by atoms with E-state index in [1.165, 1.54) is 11.3 Å². The lowest BCUT2D eigenvalue weighted by molar-refractivity contribution is -0.121. The van der Waals surface area contributed by atoms with Crippen LogP contribution >= 0.6 is 22.9 Å². The minimum Gasteiger partial charge on any atom is -0.352 e. The topological polar surface area (TPSA) is 42.0 Å². The van der Waals surface area contributed by atoms with Crippen molar-refractivity contribution in [2.24, 2.45) is 0 Å². The quantitative estimate of drug-likeness (QED) is 0.813. The third-order valence-corrected chi connectivity index (χ3v) is 3.03. The molecule has 1 amide bonds. The van der Waals surface area contributed by atoms with Gasteiger partial charge in [-0.05, 0) is 20.8 Å². The van der Waals surface area contributed by atoms with Crippen molar-refractivity contribution in [2.75, 3.05) is 0 Å². The minimum atomic E-state index is -0.670. The summed E-state index contributed by atoms with van der Waals surface area (Å²) < 4.78 is 0. The number of nitrogens with one attached hydrogen (secondary N) is 1. The van der Waals surface area contributed by atoms with Crippen LogP contribution in [0.5, 0.6) is 0 Å². The van der Waals surface area contributed by atoms with Crippen molar-refractivity contribution in [3.63, 3.8) is 0 Å². The highest BCUT2D eigenvalue weighted by molar-refractivity contribution is 7.12. The lowest BCUT2D eigenvalue weighted by Crippen LogP contribution is -2.32. The van der Waals surface area contributed by atoms with Crippen LogP contribution in [0.2, 0.25) is 0 Å². The molecule has 3 nitrogen and oxygen atoms in total. The molecular weight excluding hydrogens is 220 g/mol. The number of amides is 1. The lowest BCUT2D eigenvalue weighted by Gasteiger charge is -2.10. The minimum absolute atomic E-state index is 0.102. The van der Waals surface area contributed by atoms with Gasteiger partial charge >= 0.3 is 0 Å². The maximum Gasteiger partial charge on any atom is 0.245 e. The van der Waals surface area contributed by atoms with Gasteiger partial charge in [-0.15, -0.1) is 22.9 Å². The molecule has 0 fully saturated rings. The van der Waals surface area contributed by atoms with Crippen molar-refractivity contribution in [3.05, 3.63) is 16.1 Å². The Bertz CT molecular complexity index is 324. The van der Waals surface area contributed by atoms with E-state index in [1.807, 2.05) is 20.8 Å². The Hall–Kier alpha value is -0.610. The van der Waals surface area contributed by atoms with Crippen LogP contribution in [0, 0.1) is 6.92 Å². The van der Waals surface area contributed by atoms with Crippen LogP contribution in [-0.4, -0.2) is 16.9 Å². The zero-order valence-electron chi connectivity index (χ0n) is 8.37. The van der Waals surface area contributed by atoms with Gasteiger partial charge in [0.25, 0.3) is 0 Å². The average Bonchev–Trinajstić information content (AvgIpc) is 2.49. The highest BCUT2D eigenvalue weighted by atomic mass is 35.5. The molecule has 0 radical (unpaired) electrons. The van der Waals surface area contributed by atoms with E-state index in [1.54, 1.807) is 6.20 Å². The molecule has 1 rings (SSSR count). The molecular formula is C9H13ClN2OS. The number of halogens is 1. The molecule has 1 aromatic rings. The van der Waals surface area contributed by atoms with E-state index < -0.39 is 5.38 Å².